The molecule has 11 nitrogen and oxygen atoms in total. The molecule has 0 rings (SSSR count). The second-order valence-corrected chi connectivity index (χ2v) is 22.6. The topological polar surface area (TPSA) is 155 Å². The van der Waals surface area contributed by atoms with Gasteiger partial charge in [0.05, 0.1) is 19.8 Å². The smallest absolute Gasteiger partial charge is 0.462 e. The van der Waals surface area contributed by atoms with Gasteiger partial charge in [-0.15, -0.1) is 0 Å². The minimum Gasteiger partial charge on any atom is -0.462 e. The van der Waals surface area contributed by atoms with Crippen LogP contribution in [0.5, 0.6) is 0 Å². The number of carbonyl (C=O) groups excluding carboxylic acids is 3. The molecule has 3 atom stereocenters. The summed E-state index contributed by atoms with van der Waals surface area (Å²) in [5, 5.41) is 9.85. The van der Waals surface area contributed by atoms with Crippen LogP contribution >= 0.6 is 7.82 Å². The Bertz CT molecular complexity index is 1840. The molecule has 0 amide bonds. The Balaban J connectivity index is 4.81. The number of aliphatic hydroxyl groups excluding tert-OH is 1. The number of unbranched alkanes of at least 4 members (excludes halogenated alkanes) is 22. The molecule has 0 saturated carbocycles. The molecule has 0 aromatic heterocycles. The molecular formula is C70H117O11P. The van der Waals surface area contributed by atoms with Crippen molar-refractivity contribution in [2.24, 2.45) is 0 Å². The van der Waals surface area contributed by atoms with Gasteiger partial charge in [0.25, 0.3) is 0 Å². The zero-order valence-electron chi connectivity index (χ0n) is 51.9. The Morgan fingerprint density at radius 2 is 0.646 bits per heavy atom. The van der Waals surface area contributed by atoms with Crippen molar-refractivity contribution in [1.29, 1.82) is 0 Å². The highest BCUT2D eigenvalue weighted by Gasteiger charge is 2.28. The van der Waals surface area contributed by atoms with E-state index in [2.05, 4.69) is 130 Å². The maximum absolute atomic E-state index is 13.0. The maximum atomic E-state index is 13.0. The highest BCUT2D eigenvalue weighted by atomic mass is 31.2. The number of rotatable bonds is 59. The molecule has 0 bridgehead atoms. The Hall–Kier alpha value is -4.12. The Kier molecular flexibility index (Phi) is 59.8. The molecule has 0 radical (unpaired) electrons. The first-order valence-corrected chi connectivity index (χ1v) is 33.9. The Morgan fingerprint density at radius 3 is 1.02 bits per heavy atom. The number of phosphoric ester groups is 1. The van der Waals surface area contributed by atoms with Gasteiger partial charge >= 0.3 is 25.7 Å². The second-order valence-electron chi connectivity index (χ2n) is 21.2. The van der Waals surface area contributed by atoms with Crippen molar-refractivity contribution >= 4 is 25.7 Å². The van der Waals surface area contributed by atoms with Gasteiger partial charge in [0.15, 0.2) is 6.10 Å². The highest BCUT2D eigenvalue weighted by molar-refractivity contribution is 7.47. The lowest BCUT2D eigenvalue weighted by atomic mass is 10.0. The van der Waals surface area contributed by atoms with Crippen molar-refractivity contribution < 1.29 is 52.2 Å². The summed E-state index contributed by atoms with van der Waals surface area (Å²) < 4.78 is 39.6. The number of hydrogen-bond acceptors (Lipinski definition) is 10. The Morgan fingerprint density at radius 1 is 0.354 bits per heavy atom. The van der Waals surface area contributed by atoms with Gasteiger partial charge in [-0.1, -0.05) is 264 Å². The predicted molar refractivity (Wildman–Crippen MR) is 343 cm³/mol. The van der Waals surface area contributed by atoms with Crippen LogP contribution in [0.4, 0.5) is 0 Å². The van der Waals surface area contributed by atoms with Crippen LogP contribution in [0.3, 0.4) is 0 Å². The molecule has 0 spiro atoms. The minimum atomic E-state index is -4.78. The molecule has 0 saturated heterocycles. The molecule has 0 aliphatic heterocycles. The van der Waals surface area contributed by atoms with Crippen LogP contribution in [0.1, 0.15) is 265 Å². The highest BCUT2D eigenvalue weighted by Crippen LogP contribution is 2.43. The fraction of sp³-hybridized carbons (Fsp3) is 0.671. The molecule has 0 aliphatic rings. The normalized spacial score (nSPS) is 14.1. The molecule has 0 aromatic carbocycles. The van der Waals surface area contributed by atoms with Gasteiger partial charge in [-0.2, -0.15) is 0 Å². The van der Waals surface area contributed by atoms with Crippen molar-refractivity contribution in [3.05, 3.63) is 122 Å². The number of ether oxygens (including phenoxy) is 3. The van der Waals surface area contributed by atoms with Crippen molar-refractivity contribution in [2.75, 3.05) is 26.4 Å². The molecular weight excluding hydrogens is 1050 g/mol. The fourth-order valence-corrected chi connectivity index (χ4v) is 9.32. The van der Waals surface area contributed by atoms with E-state index in [1.165, 1.54) is 96.3 Å². The number of hydrogen-bond donors (Lipinski definition) is 2. The average molecular weight is 1170 g/mol. The van der Waals surface area contributed by atoms with E-state index in [0.717, 1.165) is 103 Å². The molecule has 0 aromatic rings. The van der Waals surface area contributed by atoms with Crippen LogP contribution in [0.2, 0.25) is 0 Å². The maximum Gasteiger partial charge on any atom is 0.472 e. The summed E-state index contributed by atoms with van der Waals surface area (Å²) in [5.41, 5.74) is 0. The van der Waals surface area contributed by atoms with Crippen LogP contribution < -0.4 is 0 Å². The summed E-state index contributed by atoms with van der Waals surface area (Å²) in [7, 11) is -4.78. The van der Waals surface area contributed by atoms with E-state index in [-0.39, 0.29) is 25.9 Å². The van der Waals surface area contributed by atoms with E-state index in [1.54, 1.807) is 0 Å². The molecule has 0 heterocycles. The van der Waals surface area contributed by atoms with E-state index in [9.17, 15) is 28.9 Å². The van der Waals surface area contributed by atoms with Gasteiger partial charge in [-0.05, 0) is 103 Å². The number of allylic oxidation sites excluding steroid dienone is 20. The van der Waals surface area contributed by atoms with E-state index in [1.807, 2.05) is 12.2 Å². The number of phosphoric acid groups is 1. The van der Waals surface area contributed by atoms with E-state index >= 15 is 0 Å². The van der Waals surface area contributed by atoms with Crippen LogP contribution in [-0.4, -0.2) is 66.5 Å². The lowest BCUT2D eigenvalue weighted by molar-refractivity contribution is -0.161. The summed E-state index contributed by atoms with van der Waals surface area (Å²) in [6.07, 6.45) is 78.7. The van der Waals surface area contributed by atoms with Crippen molar-refractivity contribution in [3.63, 3.8) is 0 Å². The number of aliphatic hydroxyl groups is 1. The van der Waals surface area contributed by atoms with Gasteiger partial charge in [0.2, 0.25) is 0 Å². The lowest BCUT2D eigenvalue weighted by Gasteiger charge is -2.21. The number of carbonyl (C=O) groups is 3. The summed E-state index contributed by atoms with van der Waals surface area (Å²) in [4.78, 5) is 48.8. The zero-order chi connectivity index (χ0) is 59.8. The van der Waals surface area contributed by atoms with Gasteiger partial charge < -0.3 is 24.2 Å². The SMILES string of the molecule is CC/C=C\C/C=C\C/C=C\C/C=C\C/C=C\CCCCCC(=O)OCC(COP(=O)(O)OCC(CO)OC(=O)CCC/C=C\C/C=C\C/C=C\C/C=C\C/C=C\CC)OC(=O)CCCCCCCCCCCCCCCCCCCCC. The second kappa shape index (κ2) is 62.9. The first-order valence-electron chi connectivity index (χ1n) is 32.4. The molecule has 0 aliphatic carbocycles. The van der Waals surface area contributed by atoms with E-state index in [0.29, 0.717) is 25.7 Å². The average Bonchev–Trinajstić information content (AvgIpc) is 3.47. The van der Waals surface area contributed by atoms with Gasteiger partial charge in [-0.3, -0.25) is 23.4 Å². The standard InChI is InChI=1S/C70H117O11P/c1-4-7-10-13-16-19-22-25-28-31-33-36-38-41-44-47-50-53-56-59-68(72)77-63-67(81-70(74)61-58-55-52-49-46-43-40-37-34-32-29-26-23-20-17-14-11-8-5-2)65-79-82(75,76)78-64-66(62-71)80-69(73)60-57-54-51-48-45-42-39-35-30-27-24-21-18-15-12-9-6-3/h7,9-10,12,16,18-19,21,25,27-28,30,33,36,39,41-42,44,48,51,66-67,71H,4-6,8,11,13-15,17,20,22-24,26,29,31-32,34-35,37-38,40,43,45-47,49-50,52-65H2,1-3H3,(H,75,76)/b10-7-,12-9-,19-16-,21-18-,28-25-,30-27-,36-33-,42-39-,44-41-,51-48-. The van der Waals surface area contributed by atoms with Gasteiger partial charge in [0, 0.05) is 19.3 Å². The summed E-state index contributed by atoms with van der Waals surface area (Å²) in [5.74, 6) is -1.56. The minimum absolute atomic E-state index is 0.0918. The van der Waals surface area contributed by atoms with Crippen molar-refractivity contribution in [2.45, 2.75) is 277 Å². The summed E-state index contributed by atoms with van der Waals surface area (Å²) >= 11 is 0. The van der Waals surface area contributed by atoms with Crippen molar-refractivity contribution in [1.82, 2.24) is 0 Å². The van der Waals surface area contributed by atoms with Crippen LogP contribution in [0.15, 0.2) is 122 Å². The monoisotopic (exact) mass is 1160 g/mol. The molecule has 2 N–H and O–H groups in total. The van der Waals surface area contributed by atoms with Gasteiger partial charge in [-0.25, -0.2) is 4.57 Å². The summed E-state index contributed by atoms with van der Waals surface area (Å²) in [6.45, 7) is 4.34. The van der Waals surface area contributed by atoms with Crippen molar-refractivity contribution in [3.8, 4) is 0 Å². The molecule has 12 heteroatoms. The zero-order valence-corrected chi connectivity index (χ0v) is 52.8. The van der Waals surface area contributed by atoms with Crippen LogP contribution in [0, 0.1) is 0 Å². The third kappa shape index (κ3) is 60.5. The molecule has 82 heavy (non-hydrogen) atoms. The first kappa shape index (κ1) is 77.9. The van der Waals surface area contributed by atoms with Crippen LogP contribution in [-0.2, 0) is 42.2 Å². The first-order chi connectivity index (χ1) is 40.2. The number of esters is 3. The van der Waals surface area contributed by atoms with E-state index < -0.39 is 57.8 Å². The van der Waals surface area contributed by atoms with E-state index in [4.69, 9.17) is 23.3 Å². The largest absolute Gasteiger partial charge is 0.472 e. The Labute approximate surface area is 500 Å². The predicted octanol–water partition coefficient (Wildman–Crippen LogP) is 19.9. The summed E-state index contributed by atoms with van der Waals surface area (Å²) in [6, 6.07) is 0. The third-order valence-corrected chi connectivity index (χ3v) is 14.3. The quantitative estimate of drug-likeness (QED) is 0.0197. The molecule has 468 valence electrons. The third-order valence-electron chi connectivity index (χ3n) is 13.4. The fourth-order valence-electron chi connectivity index (χ4n) is 8.54. The molecule has 3 unspecified atom stereocenters. The molecule has 0 fully saturated rings. The van der Waals surface area contributed by atoms with Crippen LogP contribution in [0.25, 0.3) is 0 Å². The lowest BCUT2D eigenvalue weighted by Crippen LogP contribution is -2.30. The van der Waals surface area contributed by atoms with Gasteiger partial charge in [0.1, 0.15) is 12.7 Å².